The minimum absolute atomic E-state index is 0.0120. The van der Waals surface area contributed by atoms with Crippen LogP contribution in [0.3, 0.4) is 0 Å². The maximum atomic E-state index is 11.3. The van der Waals surface area contributed by atoms with E-state index in [1.54, 1.807) is 0 Å². The van der Waals surface area contributed by atoms with E-state index in [-0.39, 0.29) is 12.5 Å². The van der Waals surface area contributed by atoms with Crippen molar-refractivity contribution in [3.05, 3.63) is 30.3 Å². The first-order valence-corrected chi connectivity index (χ1v) is 5.99. The fourth-order valence-corrected chi connectivity index (χ4v) is 1.27. The van der Waals surface area contributed by atoms with Crippen molar-refractivity contribution in [1.82, 2.24) is 5.48 Å². The third-order valence-corrected chi connectivity index (χ3v) is 2.25. The average molecular weight is 250 g/mol. The Kier molecular flexibility index (Phi) is 6.32. The van der Waals surface area contributed by atoms with Crippen LogP contribution in [0.4, 0.5) is 5.69 Å². The molecule has 0 aliphatic rings. The van der Waals surface area contributed by atoms with E-state index >= 15 is 0 Å². The maximum Gasteiger partial charge on any atom is 0.351 e. The predicted molar refractivity (Wildman–Crippen MR) is 68.7 cm³/mol. The number of nitrogens with one attached hydrogen (secondary N) is 2. The third-order valence-electron chi connectivity index (χ3n) is 2.25. The molecule has 0 spiro atoms. The summed E-state index contributed by atoms with van der Waals surface area (Å²) in [5.41, 5.74) is 2.95. The van der Waals surface area contributed by atoms with Crippen LogP contribution in [-0.2, 0) is 14.4 Å². The lowest BCUT2D eigenvalue weighted by Crippen LogP contribution is -2.29. The molecule has 1 aromatic rings. The first-order chi connectivity index (χ1) is 8.72. The van der Waals surface area contributed by atoms with E-state index in [2.05, 4.69) is 15.6 Å². The summed E-state index contributed by atoms with van der Waals surface area (Å²) in [6.45, 7) is 2.00. The molecule has 18 heavy (non-hydrogen) atoms. The van der Waals surface area contributed by atoms with Crippen molar-refractivity contribution in [1.29, 1.82) is 0 Å². The Bertz CT molecular complexity index is 379. The molecule has 0 saturated heterocycles. The van der Waals surface area contributed by atoms with Crippen LogP contribution in [-0.4, -0.2) is 18.4 Å². The number of anilines is 1. The Hall–Kier alpha value is -2.04. The van der Waals surface area contributed by atoms with Gasteiger partial charge in [-0.15, -0.1) is 0 Å². The highest BCUT2D eigenvalue weighted by Gasteiger charge is 2.06. The third kappa shape index (κ3) is 5.89. The van der Waals surface area contributed by atoms with E-state index in [1.165, 1.54) is 0 Å². The SMILES string of the molecule is CCCCC(=O)NOC(=O)CNc1ccccc1. The molecule has 1 rings (SSSR count). The van der Waals surface area contributed by atoms with Crippen LogP contribution < -0.4 is 10.8 Å². The van der Waals surface area contributed by atoms with E-state index in [1.807, 2.05) is 37.3 Å². The monoisotopic (exact) mass is 250 g/mol. The first kappa shape index (κ1) is 14.0. The van der Waals surface area contributed by atoms with Gasteiger partial charge in [0.25, 0.3) is 5.91 Å². The molecule has 0 unspecified atom stereocenters. The van der Waals surface area contributed by atoms with Crippen LogP contribution in [0, 0.1) is 0 Å². The van der Waals surface area contributed by atoms with Crippen molar-refractivity contribution in [2.45, 2.75) is 26.2 Å². The van der Waals surface area contributed by atoms with Gasteiger partial charge in [-0.25, -0.2) is 4.79 Å². The number of unbranched alkanes of at least 4 members (excludes halogenated alkanes) is 1. The Morgan fingerprint density at radius 2 is 1.94 bits per heavy atom. The quantitative estimate of drug-likeness (QED) is 0.756. The normalized spacial score (nSPS) is 9.61. The molecule has 0 atom stereocenters. The average Bonchev–Trinajstić information content (AvgIpc) is 2.41. The van der Waals surface area contributed by atoms with Crippen LogP contribution >= 0.6 is 0 Å². The topological polar surface area (TPSA) is 67.4 Å². The van der Waals surface area contributed by atoms with Crippen LogP contribution in [0.2, 0.25) is 0 Å². The number of rotatable bonds is 6. The molecule has 0 saturated carbocycles. The van der Waals surface area contributed by atoms with Gasteiger partial charge >= 0.3 is 5.97 Å². The second-order valence-electron chi connectivity index (χ2n) is 3.82. The van der Waals surface area contributed by atoms with Gasteiger partial charge in [-0.2, -0.15) is 5.48 Å². The van der Waals surface area contributed by atoms with Crippen molar-refractivity contribution in [2.75, 3.05) is 11.9 Å². The van der Waals surface area contributed by atoms with Crippen molar-refractivity contribution >= 4 is 17.6 Å². The lowest BCUT2D eigenvalue weighted by Gasteiger charge is -2.07. The Balaban J connectivity index is 2.16. The van der Waals surface area contributed by atoms with E-state index in [0.29, 0.717) is 6.42 Å². The van der Waals surface area contributed by atoms with Gasteiger partial charge in [-0.3, -0.25) is 4.79 Å². The number of para-hydroxylation sites is 1. The lowest BCUT2D eigenvalue weighted by molar-refractivity contribution is -0.156. The molecule has 0 radical (unpaired) electrons. The summed E-state index contributed by atoms with van der Waals surface area (Å²) >= 11 is 0. The Labute approximate surface area is 106 Å². The van der Waals surface area contributed by atoms with E-state index in [9.17, 15) is 9.59 Å². The van der Waals surface area contributed by atoms with Crippen LogP contribution in [0.5, 0.6) is 0 Å². The number of hydroxylamine groups is 1. The highest BCUT2D eigenvalue weighted by Crippen LogP contribution is 2.03. The van der Waals surface area contributed by atoms with Gasteiger partial charge in [0.2, 0.25) is 0 Å². The molecule has 2 N–H and O–H groups in total. The number of carbonyl (C=O) groups excluding carboxylic acids is 2. The zero-order valence-corrected chi connectivity index (χ0v) is 10.4. The molecule has 1 amide bonds. The van der Waals surface area contributed by atoms with Gasteiger partial charge in [-0.05, 0) is 18.6 Å². The summed E-state index contributed by atoms with van der Waals surface area (Å²) in [6, 6.07) is 9.29. The fourth-order valence-electron chi connectivity index (χ4n) is 1.27. The van der Waals surface area contributed by atoms with Crippen LogP contribution in [0.15, 0.2) is 30.3 Å². The molecule has 5 heteroatoms. The van der Waals surface area contributed by atoms with Crippen molar-refractivity contribution < 1.29 is 14.4 Å². The molecular formula is C13H18N2O3. The Morgan fingerprint density at radius 1 is 1.22 bits per heavy atom. The number of carbonyl (C=O) groups is 2. The summed E-state index contributed by atoms with van der Waals surface area (Å²) in [4.78, 5) is 27.1. The predicted octanol–water partition coefficient (Wildman–Crippen LogP) is 1.86. The van der Waals surface area contributed by atoms with Gasteiger partial charge in [0.1, 0.15) is 6.54 Å². The van der Waals surface area contributed by atoms with Gasteiger partial charge in [0, 0.05) is 12.1 Å². The van der Waals surface area contributed by atoms with Crippen molar-refractivity contribution in [3.8, 4) is 0 Å². The number of hydrogen-bond donors (Lipinski definition) is 2. The van der Waals surface area contributed by atoms with E-state index < -0.39 is 5.97 Å². The molecule has 0 bridgehead atoms. The summed E-state index contributed by atoms with van der Waals surface area (Å²) in [6.07, 6.45) is 2.08. The molecule has 0 heterocycles. The molecular weight excluding hydrogens is 232 g/mol. The number of amides is 1. The summed E-state index contributed by atoms with van der Waals surface area (Å²) in [5.74, 6) is -0.798. The Morgan fingerprint density at radius 3 is 2.61 bits per heavy atom. The van der Waals surface area contributed by atoms with E-state index in [4.69, 9.17) is 0 Å². The molecule has 98 valence electrons. The highest BCUT2D eigenvalue weighted by atomic mass is 16.7. The zero-order chi connectivity index (χ0) is 13.2. The summed E-state index contributed by atoms with van der Waals surface area (Å²) in [5, 5.41) is 2.89. The van der Waals surface area contributed by atoms with Crippen molar-refractivity contribution in [3.63, 3.8) is 0 Å². The molecule has 0 fully saturated rings. The minimum Gasteiger partial charge on any atom is -0.375 e. The second-order valence-corrected chi connectivity index (χ2v) is 3.82. The fraction of sp³-hybridized carbons (Fsp3) is 0.385. The highest BCUT2D eigenvalue weighted by molar-refractivity contribution is 5.79. The van der Waals surface area contributed by atoms with Gasteiger partial charge in [-0.1, -0.05) is 31.5 Å². The molecule has 0 aromatic heterocycles. The zero-order valence-electron chi connectivity index (χ0n) is 10.4. The molecule has 5 nitrogen and oxygen atoms in total. The first-order valence-electron chi connectivity index (χ1n) is 5.99. The minimum atomic E-state index is -0.524. The summed E-state index contributed by atoms with van der Waals surface area (Å²) < 4.78 is 0. The summed E-state index contributed by atoms with van der Waals surface area (Å²) in [7, 11) is 0. The van der Waals surface area contributed by atoms with Gasteiger partial charge in [0.15, 0.2) is 0 Å². The van der Waals surface area contributed by atoms with E-state index in [0.717, 1.165) is 18.5 Å². The molecule has 0 aliphatic carbocycles. The number of benzene rings is 1. The van der Waals surface area contributed by atoms with Crippen LogP contribution in [0.25, 0.3) is 0 Å². The van der Waals surface area contributed by atoms with Crippen LogP contribution in [0.1, 0.15) is 26.2 Å². The molecule has 0 aliphatic heterocycles. The van der Waals surface area contributed by atoms with Crippen molar-refractivity contribution in [2.24, 2.45) is 0 Å². The maximum absolute atomic E-state index is 11.3. The van der Waals surface area contributed by atoms with Gasteiger partial charge in [0.05, 0.1) is 0 Å². The second kappa shape index (κ2) is 8.11. The standard InChI is InChI=1S/C13H18N2O3/c1-2-3-9-12(16)15-18-13(17)10-14-11-7-5-4-6-8-11/h4-8,14H,2-3,9-10H2,1H3,(H,15,16). The lowest BCUT2D eigenvalue weighted by atomic mass is 10.2. The van der Waals surface area contributed by atoms with Gasteiger partial charge < -0.3 is 10.2 Å². The molecule has 1 aromatic carbocycles. The largest absolute Gasteiger partial charge is 0.375 e. The number of hydrogen-bond acceptors (Lipinski definition) is 4. The smallest absolute Gasteiger partial charge is 0.351 e.